The van der Waals surface area contributed by atoms with Crippen molar-refractivity contribution in [1.29, 1.82) is 0 Å². The zero-order valence-electron chi connectivity index (χ0n) is 10.8. The minimum Gasteiger partial charge on any atom is -0.312 e. The van der Waals surface area contributed by atoms with E-state index in [1.54, 1.807) is 6.92 Å². The summed E-state index contributed by atoms with van der Waals surface area (Å²) >= 11 is 2.01. The maximum Gasteiger partial charge on any atom is 0.151 e. The Morgan fingerprint density at radius 3 is 2.59 bits per heavy atom. The molecule has 1 saturated heterocycles. The number of sulfone groups is 1. The lowest BCUT2D eigenvalue weighted by atomic mass is 10.4. The first-order chi connectivity index (χ1) is 8.03. The van der Waals surface area contributed by atoms with Crippen molar-refractivity contribution in [2.75, 3.05) is 49.2 Å². The van der Waals surface area contributed by atoms with Crippen molar-refractivity contribution in [3.63, 3.8) is 0 Å². The monoisotopic (exact) mass is 280 g/mol. The van der Waals surface area contributed by atoms with Crippen molar-refractivity contribution in [3.05, 3.63) is 0 Å². The Morgan fingerprint density at radius 2 is 2.00 bits per heavy atom. The molecule has 102 valence electrons. The van der Waals surface area contributed by atoms with Gasteiger partial charge < -0.3 is 10.2 Å². The molecule has 1 heterocycles. The van der Waals surface area contributed by atoms with Crippen molar-refractivity contribution in [1.82, 2.24) is 10.2 Å². The van der Waals surface area contributed by atoms with Crippen LogP contribution in [0.15, 0.2) is 0 Å². The molecular formula is C11H24N2O2S2. The number of hydrogen-bond acceptors (Lipinski definition) is 5. The van der Waals surface area contributed by atoms with Gasteiger partial charge in [-0.1, -0.05) is 6.92 Å². The highest BCUT2D eigenvalue weighted by Gasteiger charge is 2.14. The van der Waals surface area contributed by atoms with Gasteiger partial charge in [-0.3, -0.25) is 0 Å². The van der Waals surface area contributed by atoms with Gasteiger partial charge in [-0.25, -0.2) is 8.42 Å². The van der Waals surface area contributed by atoms with E-state index in [-0.39, 0.29) is 17.5 Å². The van der Waals surface area contributed by atoms with Crippen LogP contribution < -0.4 is 5.32 Å². The summed E-state index contributed by atoms with van der Waals surface area (Å²) in [6.45, 7) is 7.87. The molecule has 0 spiro atoms. The molecule has 0 saturated carbocycles. The summed E-state index contributed by atoms with van der Waals surface area (Å²) in [5.41, 5.74) is 0. The van der Waals surface area contributed by atoms with Gasteiger partial charge in [-0.2, -0.15) is 11.8 Å². The molecule has 17 heavy (non-hydrogen) atoms. The summed E-state index contributed by atoms with van der Waals surface area (Å²) in [5, 5.41) is 3.29. The van der Waals surface area contributed by atoms with Crippen LogP contribution in [0.4, 0.5) is 0 Å². The molecule has 0 aromatic carbocycles. The van der Waals surface area contributed by atoms with Gasteiger partial charge >= 0.3 is 0 Å². The number of rotatable bonds is 7. The molecule has 1 rings (SSSR count). The standard InChI is InChI=1S/C11H24N2O2S2/c1-3-17(14,15)10-11(2)12-4-5-13-6-8-16-9-7-13/h11-12H,3-10H2,1-2H3. The van der Waals surface area contributed by atoms with Crippen LogP contribution in [0.2, 0.25) is 0 Å². The average Bonchev–Trinajstić information content (AvgIpc) is 2.30. The highest BCUT2D eigenvalue weighted by molar-refractivity contribution is 7.99. The summed E-state index contributed by atoms with van der Waals surface area (Å²) in [6.07, 6.45) is 0. The van der Waals surface area contributed by atoms with Crippen LogP contribution in [0.1, 0.15) is 13.8 Å². The van der Waals surface area contributed by atoms with Crippen LogP contribution in [-0.4, -0.2) is 68.5 Å². The van der Waals surface area contributed by atoms with Crippen LogP contribution in [0.5, 0.6) is 0 Å². The first-order valence-corrected chi connectivity index (χ1v) is 9.25. The van der Waals surface area contributed by atoms with E-state index in [2.05, 4.69) is 10.2 Å². The molecular weight excluding hydrogens is 256 g/mol. The highest BCUT2D eigenvalue weighted by Crippen LogP contribution is 2.07. The largest absolute Gasteiger partial charge is 0.312 e. The summed E-state index contributed by atoms with van der Waals surface area (Å²) in [4.78, 5) is 2.44. The molecule has 1 aliphatic rings. The smallest absolute Gasteiger partial charge is 0.151 e. The first kappa shape index (κ1) is 15.3. The molecule has 0 amide bonds. The van der Waals surface area contributed by atoms with Gasteiger partial charge in [0.25, 0.3) is 0 Å². The summed E-state index contributed by atoms with van der Waals surface area (Å²) in [6, 6.07) is 0.0547. The number of nitrogens with one attached hydrogen (secondary N) is 1. The SMILES string of the molecule is CCS(=O)(=O)CC(C)NCCN1CCSCC1. The Kier molecular flexibility index (Phi) is 6.84. The average molecular weight is 280 g/mol. The van der Waals surface area contributed by atoms with E-state index in [0.717, 1.165) is 26.2 Å². The Morgan fingerprint density at radius 1 is 1.35 bits per heavy atom. The number of hydrogen-bond donors (Lipinski definition) is 1. The zero-order chi connectivity index (χ0) is 12.7. The van der Waals surface area contributed by atoms with Crippen molar-refractivity contribution in [2.45, 2.75) is 19.9 Å². The second-order valence-corrected chi connectivity index (χ2v) is 8.13. The maximum atomic E-state index is 11.4. The third kappa shape index (κ3) is 6.64. The van der Waals surface area contributed by atoms with Crippen LogP contribution in [0, 0.1) is 0 Å². The normalized spacial score (nSPS) is 20.4. The molecule has 1 N–H and O–H groups in total. The van der Waals surface area contributed by atoms with E-state index in [0.29, 0.717) is 0 Å². The molecule has 6 heteroatoms. The molecule has 1 fully saturated rings. The lowest BCUT2D eigenvalue weighted by Gasteiger charge is -2.26. The second kappa shape index (κ2) is 7.61. The molecule has 4 nitrogen and oxygen atoms in total. The summed E-state index contributed by atoms with van der Waals surface area (Å²) in [5.74, 6) is 2.93. The third-order valence-electron chi connectivity index (χ3n) is 2.97. The van der Waals surface area contributed by atoms with Crippen LogP contribution >= 0.6 is 11.8 Å². The molecule has 1 unspecified atom stereocenters. The Hall–Kier alpha value is 0.220. The van der Waals surface area contributed by atoms with Crippen molar-refractivity contribution >= 4 is 21.6 Å². The molecule has 0 aromatic rings. The predicted octanol–water partition coefficient (Wildman–Crippen LogP) is 0.448. The maximum absolute atomic E-state index is 11.4. The van der Waals surface area contributed by atoms with Gasteiger partial charge in [0.05, 0.1) is 5.75 Å². The third-order valence-corrected chi connectivity index (χ3v) is 5.80. The van der Waals surface area contributed by atoms with E-state index in [1.165, 1.54) is 11.5 Å². The minimum atomic E-state index is -2.85. The first-order valence-electron chi connectivity index (χ1n) is 6.27. The molecule has 0 aliphatic carbocycles. The minimum absolute atomic E-state index is 0.0547. The quantitative estimate of drug-likeness (QED) is 0.734. The Bertz CT molecular complexity index is 301. The van der Waals surface area contributed by atoms with E-state index in [4.69, 9.17) is 0 Å². The molecule has 0 aromatic heterocycles. The van der Waals surface area contributed by atoms with Crippen molar-refractivity contribution in [3.8, 4) is 0 Å². The second-order valence-electron chi connectivity index (χ2n) is 4.51. The van der Waals surface area contributed by atoms with Gasteiger partial charge in [-0.05, 0) is 6.92 Å². The molecule has 0 radical (unpaired) electrons. The van der Waals surface area contributed by atoms with Crippen LogP contribution in [0.25, 0.3) is 0 Å². The molecule has 1 atom stereocenters. The topological polar surface area (TPSA) is 49.4 Å². The van der Waals surface area contributed by atoms with E-state index >= 15 is 0 Å². The fraction of sp³-hybridized carbons (Fsp3) is 1.00. The van der Waals surface area contributed by atoms with Crippen LogP contribution in [0.3, 0.4) is 0 Å². The fourth-order valence-corrected chi connectivity index (χ4v) is 3.95. The fourth-order valence-electron chi connectivity index (χ4n) is 1.85. The molecule has 1 aliphatic heterocycles. The number of nitrogens with zero attached hydrogens (tertiary/aromatic N) is 1. The van der Waals surface area contributed by atoms with Gasteiger partial charge in [-0.15, -0.1) is 0 Å². The van der Waals surface area contributed by atoms with Crippen molar-refractivity contribution in [2.24, 2.45) is 0 Å². The lowest BCUT2D eigenvalue weighted by molar-refractivity contribution is 0.298. The number of thioether (sulfide) groups is 1. The predicted molar refractivity (Wildman–Crippen MR) is 75.6 cm³/mol. The Balaban J connectivity index is 2.13. The molecule has 0 bridgehead atoms. The van der Waals surface area contributed by atoms with E-state index in [1.807, 2.05) is 18.7 Å². The van der Waals surface area contributed by atoms with E-state index in [9.17, 15) is 8.42 Å². The summed E-state index contributed by atoms with van der Waals surface area (Å²) < 4.78 is 22.8. The van der Waals surface area contributed by atoms with Gasteiger partial charge in [0.2, 0.25) is 0 Å². The Labute approximate surface area is 109 Å². The van der Waals surface area contributed by atoms with Gasteiger partial charge in [0.1, 0.15) is 0 Å². The summed E-state index contributed by atoms with van der Waals surface area (Å²) in [7, 11) is -2.85. The lowest BCUT2D eigenvalue weighted by Crippen LogP contribution is -2.41. The van der Waals surface area contributed by atoms with Gasteiger partial charge in [0, 0.05) is 49.5 Å². The zero-order valence-corrected chi connectivity index (χ0v) is 12.4. The van der Waals surface area contributed by atoms with Crippen LogP contribution in [-0.2, 0) is 9.84 Å². The van der Waals surface area contributed by atoms with Crippen molar-refractivity contribution < 1.29 is 8.42 Å². The van der Waals surface area contributed by atoms with E-state index < -0.39 is 9.84 Å². The van der Waals surface area contributed by atoms with Gasteiger partial charge in [0.15, 0.2) is 9.84 Å². The highest BCUT2D eigenvalue weighted by atomic mass is 32.2.